The maximum atomic E-state index is 12.5. The number of rotatable bonds is 8. The molecule has 8 heteroatoms. The van der Waals surface area contributed by atoms with E-state index in [-0.39, 0.29) is 24.6 Å². The van der Waals surface area contributed by atoms with Crippen LogP contribution in [0.25, 0.3) is 0 Å². The number of benzene rings is 2. The summed E-state index contributed by atoms with van der Waals surface area (Å²) in [5, 5.41) is 3.43. The van der Waals surface area contributed by atoms with Crippen molar-refractivity contribution in [3.63, 3.8) is 0 Å². The van der Waals surface area contributed by atoms with E-state index >= 15 is 0 Å². The summed E-state index contributed by atoms with van der Waals surface area (Å²) < 4.78 is 12.2. The Bertz CT molecular complexity index is 1060. The monoisotopic (exact) mass is 427 g/mol. The Kier molecular flexibility index (Phi) is 7.08. The van der Waals surface area contributed by atoms with Crippen LogP contribution in [0.1, 0.15) is 17.1 Å². The quantitative estimate of drug-likeness (QED) is 0.597. The molecule has 7 nitrogen and oxygen atoms in total. The van der Waals surface area contributed by atoms with Crippen LogP contribution in [0, 0.1) is 6.92 Å². The predicted octanol–water partition coefficient (Wildman–Crippen LogP) is 3.11. The second kappa shape index (κ2) is 9.93. The van der Waals surface area contributed by atoms with Gasteiger partial charge in [-0.2, -0.15) is 0 Å². The zero-order chi connectivity index (χ0) is 21.5. The molecule has 0 bridgehead atoms. The number of amides is 1. The number of carbonyl (C=O) groups is 1. The number of carbonyl (C=O) groups excluding carboxylic acids is 1. The number of aromatic nitrogens is 2. The molecule has 1 N–H and O–H groups in total. The molecule has 1 amide bonds. The third-order valence-electron chi connectivity index (χ3n) is 4.35. The van der Waals surface area contributed by atoms with Crippen LogP contribution in [-0.2, 0) is 24.5 Å². The molecular weight excluding hydrogens is 406 g/mol. The number of aryl methyl sites for hydroxylation is 1. The lowest BCUT2D eigenvalue weighted by Gasteiger charge is -2.14. The molecule has 30 heavy (non-hydrogen) atoms. The fourth-order valence-electron chi connectivity index (χ4n) is 2.78. The first-order valence-electron chi connectivity index (χ1n) is 9.30. The first-order valence-corrected chi connectivity index (χ1v) is 9.68. The van der Waals surface area contributed by atoms with E-state index in [1.807, 2.05) is 12.1 Å². The zero-order valence-electron chi connectivity index (χ0n) is 16.7. The van der Waals surface area contributed by atoms with Gasteiger partial charge in [0.05, 0.1) is 7.11 Å². The summed E-state index contributed by atoms with van der Waals surface area (Å²) in [7, 11) is 1.59. The number of nitrogens with one attached hydrogen (secondary N) is 1. The van der Waals surface area contributed by atoms with E-state index in [9.17, 15) is 9.59 Å². The van der Waals surface area contributed by atoms with Crippen LogP contribution in [0.15, 0.2) is 59.4 Å². The number of hydrogen-bond acceptors (Lipinski definition) is 5. The molecule has 0 saturated heterocycles. The van der Waals surface area contributed by atoms with Gasteiger partial charge in [0, 0.05) is 23.3 Å². The Morgan fingerprint density at radius 2 is 1.77 bits per heavy atom. The van der Waals surface area contributed by atoms with Crippen LogP contribution in [0.3, 0.4) is 0 Å². The van der Waals surface area contributed by atoms with Crippen molar-refractivity contribution < 1.29 is 14.3 Å². The molecule has 0 unspecified atom stereocenters. The Labute approximate surface area is 179 Å². The highest BCUT2D eigenvalue weighted by Gasteiger charge is 2.12. The second-order valence-corrected chi connectivity index (χ2v) is 7.04. The zero-order valence-corrected chi connectivity index (χ0v) is 17.5. The molecule has 0 aliphatic heterocycles. The lowest BCUT2D eigenvalue weighted by atomic mass is 10.2. The largest absolute Gasteiger partial charge is 0.497 e. The number of nitrogens with zero attached hydrogens (tertiary/aromatic N) is 2. The highest BCUT2D eigenvalue weighted by Crippen LogP contribution is 2.18. The smallest absolute Gasteiger partial charge is 0.254 e. The summed E-state index contributed by atoms with van der Waals surface area (Å²) in [4.78, 5) is 29.2. The van der Waals surface area contributed by atoms with Gasteiger partial charge in [0.15, 0.2) is 0 Å². The molecule has 3 rings (SSSR count). The van der Waals surface area contributed by atoms with Gasteiger partial charge >= 0.3 is 0 Å². The van der Waals surface area contributed by atoms with Crippen molar-refractivity contribution in [3.05, 3.63) is 87.1 Å². The summed E-state index contributed by atoms with van der Waals surface area (Å²) in [5.41, 5.74) is 1.16. The molecule has 0 saturated carbocycles. The van der Waals surface area contributed by atoms with Crippen LogP contribution < -0.4 is 20.3 Å². The normalized spacial score (nSPS) is 10.5. The lowest BCUT2D eigenvalue weighted by molar-refractivity contribution is -0.121. The molecule has 0 radical (unpaired) electrons. The topological polar surface area (TPSA) is 82.5 Å². The van der Waals surface area contributed by atoms with Crippen molar-refractivity contribution in [1.82, 2.24) is 14.9 Å². The van der Waals surface area contributed by atoms with Gasteiger partial charge < -0.3 is 14.8 Å². The van der Waals surface area contributed by atoms with Crippen molar-refractivity contribution in [2.45, 2.75) is 26.6 Å². The second-order valence-electron chi connectivity index (χ2n) is 6.61. The van der Waals surface area contributed by atoms with Crippen LogP contribution in [-0.4, -0.2) is 22.6 Å². The van der Waals surface area contributed by atoms with Crippen LogP contribution in [0.4, 0.5) is 0 Å². The Morgan fingerprint density at radius 3 is 2.43 bits per heavy atom. The molecule has 0 aliphatic carbocycles. The number of hydrogen-bond donors (Lipinski definition) is 1. The summed E-state index contributed by atoms with van der Waals surface area (Å²) in [6.07, 6.45) is 0. The highest BCUT2D eigenvalue weighted by molar-refractivity contribution is 6.30. The minimum atomic E-state index is -0.308. The standard InChI is InChI=1S/C22H22ClN3O4/c1-15-11-22(28)26(13-21(27)24-12-16-3-5-17(23)6-4-16)20(25-15)14-30-19-9-7-18(29-2)8-10-19/h3-11H,12-14H2,1-2H3,(H,24,27). The Hall–Kier alpha value is -3.32. The fourth-order valence-corrected chi connectivity index (χ4v) is 2.91. The average molecular weight is 428 g/mol. The summed E-state index contributed by atoms with van der Waals surface area (Å²) in [6, 6.07) is 15.6. The number of halogens is 1. The van der Waals surface area contributed by atoms with Crippen LogP contribution in [0.2, 0.25) is 5.02 Å². The Balaban J connectivity index is 1.67. The minimum Gasteiger partial charge on any atom is -0.497 e. The molecule has 1 heterocycles. The molecule has 0 spiro atoms. The van der Waals surface area contributed by atoms with Gasteiger partial charge in [-0.25, -0.2) is 4.98 Å². The first kappa shape index (κ1) is 21.4. The van der Waals surface area contributed by atoms with E-state index in [1.54, 1.807) is 50.4 Å². The van der Waals surface area contributed by atoms with Crippen LogP contribution >= 0.6 is 11.6 Å². The van der Waals surface area contributed by atoms with E-state index in [4.69, 9.17) is 21.1 Å². The SMILES string of the molecule is COc1ccc(OCc2nc(C)cc(=O)n2CC(=O)NCc2ccc(Cl)cc2)cc1. The summed E-state index contributed by atoms with van der Waals surface area (Å²) >= 11 is 5.87. The first-order chi connectivity index (χ1) is 14.4. The molecule has 0 fully saturated rings. The van der Waals surface area contributed by atoms with E-state index in [1.165, 1.54) is 10.6 Å². The van der Waals surface area contributed by atoms with Crippen molar-refractivity contribution in [1.29, 1.82) is 0 Å². The van der Waals surface area contributed by atoms with Gasteiger partial charge in [-0.1, -0.05) is 23.7 Å². The van der Waals surface area contributed by atoms with E-state index in [0.717, 1.165) is 5.56 Å². The molecule has 1 aromatic heterocycles. The minimum absolute atomic E-state index is 0.0493. The predicted molar refractivity (Wildman–Crippen MR) is 114 cm³/mol. The molecule has 2 aromatic carbocycles. The Morgan fingerprint density at radius 1 is 1.10 bits per heavy atom. The maximum absolute atomic E-state index is 12.5. The molecular formula is C22H22ClN3O4. The van der Waals surface area contributed by atoms with Crippen molar-refractivity contribution in [2.75, 3.05) is 7.11 Å². The third kappa shape index (κ3) is 5.84. The molecule has 156 valence electrons. The van der Waals surface area contributed by atoms with Gasteiger partial charge in [-0.05, 0) is 48.9 Å². The van der Waals surface area contributed by atoms with Crippen LogP contribution in [0.5, 0.6) is 11.5 Å². The average Bonchev–Trinajstić information content (AvgIpc) is 2.74. The van der Waals surface area contributed by atoms with Gasteiger partial charge in [-0.3, -0.25) is 14.2 Å². The third-order valence-corrected chi connectivity index (χ3v) is 4.60. The number of methoxy groups -OCH3 is 1. The lowest BCUT2D eigenvalue weighted by Crippen LogP contribution is -2.34. The molecule has 3 aromatic rings. The maximum Gasteiger partial charge on any atom is 0.254 e. The van der Waals surface area contributed by atoms with Crippen molar-refractivity contribution in [3.8, 4) is 11.5 Å². The summed E-state index contributed by atoms with van der Waals surface area (Å²) in [6.45, 7) is 1.96. The van der Waals surface area contributed by atoms with Gasteiger partial charge in [0.25, 0.3) is 5.56 Å². The fraction of sp³-hybridized carbons (Fsp3) is 0.227. The van der Waals surface area contributed by atoms with E-state index < -0.39 is 0 Å². The van der Waals surface area contributed by atoms with Crippen molar-refractivity contribution in [2.24, 2.45) is 0 Å². The van der Waals surface area contributed by atoms with E-state index in [0.29, 0.717) is 34.6 Å². The van der Waals surface area contributed by atoms with Gasteiger partial charge in [0.2, 0.25) is 5.91 Å². The summed E-state index contributed by atoms with van der Waals surface area (Å²) in [5.74, 6) is 1.39. The highest BCUT2D eigenvalue weighted by atomic mass is 35.5. The van der Waals surface area contributed by atoms with Gasteiger partial charge in [0.1, 0.15) is 30.5 Å². The van der Waals surface area contributed by atoms with E-state index in [2.05, 4.69) is 10.3 Å². The van der Waals surface area contributed by atoms with Gasteiger partial charge in [-0.15, -0.1) is 0 Å². The number of ether oxygens (including phenoxy) is 2. The molecule has 0 aliphatic rings. The molecule has 0 atom stereocenters. The van der Waals surface area contributed by atoms with Crippen molar-refractivity contribution >= 4 is 17.5 Å².